The predicted octanol–water partition coefficient (Wildman–Crippen LogP) is 1.95. The highest BCUT2D eigenvalue weighted by Gasteiger charge is 2.23. The van der Waals surface area contributed by atoms with Gasteiger partial charge in [-0.15, -0.1) is 0 Å². The third-order valence-corrected chi connectivity index (χ3v) is 4.53. The molecule has 1 rings (SSSR count). The fourth-order valence-electron chi connectivity index (χ4n) is 1.12. The first-order chi connectivity index (χ1) is 7.84. The van der Waals surface area contributed by atoms with Gasteiger partial charge in [0.25, 0.3) is 0 Å². The van der Waals surface area contributed by atoms with E-state index in [1.165, 1.54) is 6.92 Å². The fourth-order valence-corrected chi connectivity index (χ4v) is 1.94. The second-order valence-corrected chi connectivity index (χ2v) is 6.72. The predicted molar refractivity (Wildman–Crippen MR) is 72.0 cm³/mol. The molecule has 94 valence electrons. The molecule has 4 nitrogen and oxygen atoms in total. The van der Waals surface area contributed by atoms with Crippen LogP contribution in [-0.2, 0) is 20.0 Å². The quantitative estimate of drug-likeness (QED) is 0.863. The van der Waals surface area contributed by atoms with Crippen molar-refractivity contribution in [2.45, 2.75) is 17.5 Å². The molecule has 1 unspecified atom stereocenters. The topological polar surface area (TPSA) is 63.2 Å². The molecular formula is C11H14BrNO3S. The molecule has 0 bridgehead atoms. The number of benzene rings is 1. The molecule has 0 aliphatic carbocycles. The Kier molecular flexibility index (Phi) is 4.70. The molecule has 1 aromatic rings. The van der Waals surface area contributed by atoms with Crippen molar-refractivity contribution < 1.29 is 13.2 Å². The Morgan fingerprint density at radius 2 is 1.88 bits per heavy atom. The summed E-state index contributed by atoms with van der Waals surface area (Å²) in [6.45, 7) is 1.37. The van der Waals surface area contributed by atoms with Crippen molar-refractivity contribution >= 4 is 37.4 Å². The molecule has 1 N–H and O–H groups in total. The number of rotatable bonds is 4. The minimum atomic E-state index is -3.35. The van der Waals surface area contributed by atoms with Crippen LogP contribution in [0.2, 0.25) is 0 Å². The number of nitrogens with one attached hydrogen (secondary N) is 1. The lowest BCUT2D eigenvalue weighted by Crippen LogP contribution is -2.31. The molecule has 0 saturated heterocycles. The zero-order chi connectivity index (χ0) is 13.1. The summed E-state index contributed by atoms with van der Waals surface area (Å²) in [6.07, 6.45) is 1.05. The van der Waals surface area contributed by atoms with Crippen molar-refractivity contribution in [2.75, 3.05) is 11.6 Å². The van der Waals surface area contributed by atoms with E-state index in [0.29, 0.717) is 5.69 Å². The van der Waals surface area contributed by atoms with Crippen molar-refractivity contribution in [3.05, 3.63) is 29.8 Å². The second-order valence-electron chi connectivity index (χ2n) is 3.79. The number of sulfone groups is 1. The number of hydrogen-bond donors (Lipinski definition) is 1. The van der Waals surface area contributed by atoms with Gasteiger partial charge in [-0.1, -0.05) is 28.1 Å². The molecule has 0 fully saturated rings. The van der Waals surface area contributed by atoms with Crippen molar-refractivity contribution in [3.8, 4) is 0 Å². The van der Waals surface area contributed by atoms with Crippen molar-refractivity contribution in [1.29, 1.82) is 0 Å². The molecule has 1 amide bonds. The van der Waals surface area contributed by atoms with E-state index in [4.69, 9.17) is 0 Å². The Bertz CT molecular complexity index is 496. The van der Waals surface area contributed by atoms with Crippen LogP contribution in [0.3, 0.4) is 0 Å². The first-order valence-corrected chi connectivity index (χ1v) is 8.07. The standard InChI is InChI=1S/C11H14BrNO3S/c1-8(17(2,15)16)11(14)13-10-5-3-9(7-12)4-6-10/h3-6,8H,7H2,1-2H3,(H,13,14). The molecule has 0 aliphatic heterocycles. The Morgan fingerprint density at radius 1 is 1.35 bits per heavy atom. The van der Waals surface area contributed by atoms with E-state index < -0.39 is 21.0 Å². The third kappa shape index (κ3) is 4.12. The molecule has 0 radical (unpaired) electrons. The van der Waals surface area contributed by atoms with Gasteiger partial charge in [-0.3, -0.25) is 4.79 Å². The highest BCUT2D eigenvalue weighted by molar-refractivity contribution is 9.08. The zero-order valence-corrected chi connectivity index (χ0v) is 12.0. The van der Waals surface area contributed by atoms with Crippen LogP contribution in [0.4, 0.5) is 5.69 Å². The van der Waals surface area contributed by atoms with Crippen LogP contribution in [0.25, 0.3) is 0 Å². The van der Waals surface area contributed by atoms with Gasteiger partial charge in [0.15, 0.2) is 9.84 Å². The second kappa shape index (κ2) is 5.64. The highest BCUT2D eigenvalue weighted by atomic mass is 79.9. The van der Waals surface area contributed by atoms with E-state index in [2.05, 4.69) is 21.2 Å². The Balaban J connectivity index is 2.74. The summed E-state index contributed by atoms with van der Waals surface area (Å²) in [5.41, 5.74) is 1.68. The number of carbonyl (C=O) groups is 1. The number of amides is 1. The normalized spacial score (nSPS) is 13.1. The largest absolute Gasteiger partial charge is 0.325 e. The zero-order valence-electron chi connectivity index (χ0n) is 9.60. The number of halogens is 1. The maximum absolute atomic E-state index is 11.6. The van der Waals surface area contributed by atoms with E-state index in [1.807, 2.05) is 12.1 Å². The summed E-state index contributed by atoms with van der Waals surface area (Å²) in [4.78, 5) is 11.6. The SMILES string of the molecule is CC(C(=O)Nc1ccc(CBr)cc1)S(C)(=O)=O. The molecule has 0 saturated carbocycles. The van der Waals surface area contributed by atoms with E-state index in [9.17, 15) is 13.2 Å². The molecular weight excluding hydrogens is 306 g/mol. The van der Waals surface area contributed by atoms with Gasteiger partial charge in [-0.25, -0.2) is 8.42 Å². The van der Waals surface area contributed by atoms with Crippen LogP contribution in [0, 0.1) is 0 Å². The summed E-state index contributed by atoms with van der Waals surface area (Å²) >= 11 is 3.32. The lowest BCUT2D eigenvalue weighted by Gasteiger charge is -2.10. The summed E-state index contributed by atoms with van der Waals surface area (Å²) in [7, 11) is -3.35. The smallest absolute Gasteiger partial charge is 0.242 e. The Labute approximate surface area is 109 Å². The van der Waals surface area contributed by atoms with Gasteiger partial charge in [0.1, 0.15) is 5.25 Å². The minimum Gasteiger partial charge on any atom is -0.325 e. The molecule has 0 aromatic heterocycles. The molecule has 17 heavy (non-hydrogen) atoms. The van der Waals surface area contributed by atoms with Gasteiger partial charge in [0.2, 0.25) is 5.91 Å². The number of hydrogen-bond acceptors (Lipinski definition) is 3. The first-order valence-electron chi connectivity index (χ1n) is 4.99. The summed E-state index contributed by atoms with van der Waals surface area (Å²) < 4.78 is 22.4. The molecule has 0 spiro atoms. The molecule has 1 aromatic carbocycles. The van der Waals surface area contributed by atoms with Crippen LogP contribution in [0.1, 0.15) is 12.5 Å². The van der Waals surface area contributed by atoms with Gasteiger partial charge >= 0.3 is 0 Å². The summed E-state index contributed by atoms with van der Waals surface area (Å²) in [5.74, 6) is -0.515. The third-order valence-electron chi connectivity index (χ3n) is 2.39. The molecule has 0 heterocycles. The number of anilines is 1. The van der Waals surface area contributed by atoms with Gasteiger partial charge in [-0.05, 0) is 24.6 Å². The van der Waals surface area contributed by atoms with Crippen LogP contribution in [0.15, 0.2) is 24.3 Å². The van der Waals surface area contributed by atoms with Crippen molar-refractivity contribution in [3.63, 3.8) is 0 Å². The minimum absolute atomic E-state index is 0.515. The van der Waals surface area contributed by atoms with Gasteiger partial charge < -0.3 is 5.32 Å². The van der Waals surface area contributed by atoms with Crippen LogP contribution in [0.5, 0.6) is 0 Å². The van der Waals surface area contributed by atoms with E-state index in [1.54, 1.807) is 12.1 Å². The Morgan fingerprint density at radius 3 is 2.29 bits per heavy atom. The molecule has 6 heteroatoms. The fraction of sp³-hybridized carbons (Fsp3) is 0.364. The molecule has 0 aliphatic rings. The van der Waals surface area contributed by atoms with Crippen LogP contribution in [-0.4, -0.2) is 25.8 Å². The monoisotopic (exact) mass is 319 g/mol. The summed E-state index contributed by atoms with van der Waals surface area (Å²) in [5, 5.41) is 2.26. The maximum Gasteiger partial charge on any atom is 0.242 e. The summed E-state index contributed by atoms with van der Waals surface area (Å²) in [6, 6.07) is 7.19. The van der Waals surface area contributed by atoms with Gasteiger partial charge in [-0.2, -0.15) is 0 Å². The first kappa shape index (κ1) is 14.2. The maximum atomic E-state index is 11.6. The Hall–Kier alpha value is -0.880. The average Bonchev–Trinajstić information content (AvgIpc) is 2.27. The van der Waals surface area contributed by atoms with Crippen LogP contribution >= 0.6 is 15.9 Å². The number of carbonyl (C=O) groups excluding carboxylic acids is 1. The average molecular weight is 320 g/mol. The number of alkyl halides is 1. The van der Waals surface area contributed by atoms with Gasteiger partial charge in [0, 0.05) is 17.3 Å². The molecule has 1 atom stereocenters. The van der Waals surface area contributed by atoms with Crippen molar-refractivity contribution in [2.24, 2.45) is 0 Å². The van der Waals surface area contributed by atoms with Crippen LogP contribution < -0.4 is 5.32 Å². The highest BCUT2D eigenvalue weighted by Crippen LogP contribution is 2.13. The van der Waals surface area contributed by atoms with E-state index in [-0.39, 0.29) is 0 Å². The lowest BCUT2D eigenvalue weighted by molar-refractivity contribution is -0.115. The van der Waals surface area contributed by atoms with E-state index >= 15 is 0 Å². The van der Waals surface area contributed by atoms with Gasteiger partial charge in [0.05, 0.1) is 0 Å². The van der Waals surface area contributed by atoms with Crippen molar-refractivity contribution in [1.82, 2.24) is 0 Å². The lowest BCUT2D eigenvalue weighted by atomic mass is 10.2. The van der Waals surface area contributed by atoms with E-state index in [0.717, 1.165) is 17.1 Å².